The summed E-state index contributed by atoms with van der Waals surface area (Å²) in [6, 6.07) is 12.5. The van der Waals surface area contributed by atoms with Crippen LogP contribution in [0.2, 0.25) is 0 Å². The van der Waals surface area contributed by atoms with Gasteiger partial charge in [0, 0.05) is 24.1 Å². The van der Waals surface area contributed by atoms with Gasteiger partial charge in [0.2, 0.25) is 0 Å². The van der Waals surface area contributed by atoms with E-state index >= 15 is 0 Å². The Labute approximate surface area is 205 Å². The summed E-state index contributed by atoms with van der Waals surface area (Å²) in [7, 11) is 7.45. The first-order valence-corrected chi connectivity index (χ1v) is 12.1. The molecule has 1 aromatic heterocycles. The van der Waals surface area contributed by atoms with Crippen molar-refractivity contribution >= 4 is 40.3 Å². The van der Waals surface area contributed by atoms with Gasteiger partial charge in [-0.15, -0.1) is 0 Å². The number of unbranched alkanes of at least 4 members (excludes halogenated alkanes) is 1. The Bertz CT molecular complexity index is 1270. The predicted molar refractivity (Wildman–Crippen MR) is 140 cm³/mol. The average molecular weight is 478 g/mol. The Morgan fingerprint density at radius 1 is 1.18 bits per heavy atom. The highest BCUT2D eigenvalue weighted by Crippen LogP contribution is 2.45. The van der Waals surface area contributed by atoms with Crippen LogP contribution in [0.5, 0.6) is 11.5 Å². The summed E-state index contributed by atoms with van der Waals surface area (Å²) in [5, 5.41) is 2.14. The maximum Gasteiger partial charge on any atom is 0.299 e. The Hall–Kier alpha value is -3.26. The number of hydrogen-bond acceptors (Lipinski definition) is 6. The van der Waals surface area contributed by atoms with Crippen LogP contribution in [0.4, 0.5) is 5.69 Å². The molecule has 0 amide bonds. The monoisotopic (exact) mass is 477 g/mol. The lowest BCUT2D eigenvalue weighted by Crippen LogP contribution is -2.36. The second-order valence-corrected chi connectivity index (χ2v) is 9.29. The maximum atomic E-state index is 7.47. The van der Waals surface area contributed by atoms with E-state index in [2.05, 4.69) is 51.8 Å². The van der Waals surface area contributed by atoms with E-state index in [9.17, 15) is 0 Å². The quantitative estimate of drug-likeness (QED) is 0.188. The van der Waals surface area contributed by atoms with Gasteiger partial charge in [-0.3, -0.25) is 0 Å². The van der Waals surface area contributed by atoms with Crippen LogP contribution in [0, 0.1) is 0 Å². The molecule has 3 aromatic rings. The summed E-state index contributed by atoms with van der Waals surface area (Å²) in [6.07, 6.45) is 4.86. The van der Waals surface area contributed by atoms with Crippen LogP contribution in [0.25, 0.3) is 22.7 Å². The molecule has 0 radical (unpaired) electrons. The van der Waals surface area contributed by atoms with E-state index < -0.39 is 0 Å². The molecular weight excluding hydrogens is 446 g/mol. The third-order valence-electron chi connectivity index (χ3n) is 5.97. The van der Waals surface area contributed by atoms with E-state index in [4.69, 9.17) is 20.2 Å². The van der Waals surface area contributed by atoms with Gasteiger partial charge in [-0.2, -0.15) is 0 Å². The summed E-state index contributed by atoms with van der Waals surface area (Å²) >= 11 is 1.75. The van der Waals surface area contributed by atoms with Crippen molar-refractivity contribution in [2.75, 3.05) is 32.7 Å². The van der Waals surface area contributed by atoms with E-state index in [1.807, 2.05) is 19.2 Å². The Kier molecular flexibility index (Phi) is 7.26. The van der Waals surface area contributed by atoms with E-state index in [-0.39, 0.29) is 0 Å². The molecule has 8 heteroatoms. The highest BCUT2D eigenvalue weighted by Gasteiger charge is 2.25. The average Bonchev–Trinajstić information content (AvgIpc) is 3.15. The van der Waals surface area contributed by atoms with Crippen molar-refractivity contribution in [3.8, 4) is 11.5 Å². The topological polar surface area (TPSA) is 74.6 Å². The molecule has 34 heavy (non-hydrogen) atoms. The van der Waals surface area contributed by atoms with Gasteiger partial charge in [-0.25, -0.2) is 4.57 Å². The third-order valence-corrected chi connectivity index (χ3v) is 7.13. The number of aryl methyl sites for hydroxylation is 2. The SMILES string of the molecule is COc1cc2c(/C=C3/Sc4ccccc4N3C)nc(CCCCN=C(C)[NH-])[n+](C)c2cc1OC. The molecule has 1 aliphatic heterocycles. The molecule has 2 heterocycles. The van der Waals surface area contributed by atoms with Crippen LogP contribution in [0.3, 0.4) is 0 Å². The molecule has 0 unspecified atom stereocenters. The summed E-state index contributed by atoms with van der Waals surface area (Å²) in [6.45, 7) is 2.39. The third kappa shape index (κ3) is 4.82. The fourth-order valence-corrected chi connectivity index (χ4v) is 5.19. The molecule has 4 rings (SSSR count). The molecule has 1 aliphatic rings. The van der Waals surface area contributed by atoms with E-state index in [1.54, 1.807) is 32.9 Å². The second kappa shape index (κ2) is 10.3. The van der Waals surface area contributed by atoms with Crippen LogP contribution in [0.1, 0.15) is 31.3 Å². The standard InChI is InChI=1S/C26H31N5O2S/c1-17(27)28-13-9-8-12-25-29-19(15-26-31(3)20-10-6-7-11-24(20)34-26)18-14-22(32-4)23(33-5)16-21(18)30(25)2/h6-7,10-11,14-16H,8-9,12-13H2,1-5H3,(H-,27,28). The molecule has 0 aliphatic carbocycles. The minimum absolute atomic E-state index is 0.378. The molecule has 178 valence electrons. The predicted octanol–water partition coefficient (Wildman–Crippen LogP) is 5.41. The molecule has 0 fully saturated rings. The number of anilines is 1. The molecule has 2 aromatic carbocycles. The second-order valence-electron chi connectivity index (χ2n) is 8.23. The molecule has 1 N–H and O–H groups in total. The number of nitrogens with zero attached hydrogens (tertiary/aromatic N) is 4. The van der Waals surface area contributed by atoms with E-state index in [0.29, 0.717) is 23.9 Å². The number of amidine groups is 1. The molecule has 0 atom stereocenters. The summed E-state index contributed by atoms with van der Waals surface area (Å²) in [4.78, 5) is 12.7. The Morgan fingerprint density at radius 2 is 1.91 bits per heavy atom. The number of methoxy groups -OCH3 is 2. The summed E-state index contributed by atoms with van der Waals surface area (Å²) in [5.74, 6) is 2.76. The van der Waals surface area contributed by atoms with Crippen molar-refractivity contribution in [1.82, 2.24) is 4.98 Å². The lowest BCUT2D eigenvalue weighted by Gasteiger charge is -2.14. The van der Waals surface area contributed by atoms with Crippen molar-refractivity contribution in [2.45, 2.75) is 31.1 Å². The molecule has 0 spiro atoms. The number of rotatable bonds is 8. The first kappa shape index (κ1) is 23.9. The summed E-state index contributed by atoms with van der Waals surface area (Å²) in [5.41, 5.74) is 10.6. The zero-order valence-electron chi connectivity index (χ0n) is 20.4. The number of aromatic nitrogens is 2. The maximum absolute atomic E-state index is 7.47. The van der Waals surface area contributed by atoms with Gasteiger partial charge in [-0.1, -0.05) is 42.7 Å². The van der Waals surface area contributed by atoms with Gasteiger partial charge in [0.25, 0.3) is 5.82 Å². The number of hydrogen-bond donors (Lipinski definition) is 0. The largest absolute Gasteiger partial charge is 0.493 e. The van der Waals surface area contributed by atoms with E-state index in [1.165, 1.54) is 10.6 Å². The van der Waals surface area contributed by atoms with Crippen molar-refractivity contribution in [3.05, 3.63) is 58.7 Å². The molecule has 0 bridgehead atoms. The van der Waals surface area contributed by atoms with Crippen molar-refractivity contribution < 1.29 is 14.0 Å². The number of fused-ring (bicyclic) bond motifs is 2. The van der Waals surface area contributed by atoms with Gasteiger partial charge >= 0.3 is 0 Å². The number of aliphatic imine (C=N–C) groups is 1. The zero-order valence-corrected chi connectivity index (χ0v) is 21.2. The van der Waals surface area contributed by atoms with Crippen LogP contribution in [-0.2, 0) is 13.5 Å². The highest BCUT2D eigenvalue weighted by atomic mass is 32.2. The van der Waals surface area contributed by atoms with Gasteiger partial charge in [0.15, 0.2) is 17.2 Å². The smallest absolute Gasteiger partial charge is 0.299 e. The zero-order chi connectivity index (χ0) is 24.2. The number of thioether (sulfide) groups is 1. The van der Waals surface area contributed by atoms with Crippen LogP contribution < -0.4 is 18.9 Å². The fourth-order valence-electron chi connectivity index (χ4n) is 4.10. The molecule has 7 nitrogen and oxygen atoms in total. The Morgan fingerprint density at radius 3 is 2.62 bits per heavy atom. The highest BCUT2D eigenvalue weighted by molar-refractivity contribution is 8.03. The van der Waals surface area contributed by atoms with Crippen molar-refractivity contribution in [2.24, 2.45) is 12.0 Å². The van der Waals surface area contributed by atoms with Gasteiger partial charge in [0.05, 0.1) is 43.8 Å². The van der Waals surface area contributed by atoms with Gasteiger partial charge in [-0.05, 0) is 36.5 Å². The lowest BCUT2D eigenvalue weighted by molar-refractivity contribution is -0.656. The Balaban J connectivity index is 1.77. The number of ether oxygens (including phenoxy) is 2. The first-order chi connectivity index (χ1) is 16.4. The normalized spacial score (nSPS) is 14.7. The molecule has 0 saturated heterocycles. The first-order valence-electron chi connectivity index (χ1n) is 11.3. The molecular formula is C26H31N5O2S. The summed E-state index contributed by atoms with van der Waals surface area (Å²) < 4.78 is 13.3. The fraction of sp³-hybridized carbons (Fsp3) is 0.346. The number of benzene rings is 2. The number of para-hydroxylation sites is 1. The van der Waals surface area contributed by atoms with Gasteiger partial charge in [0.1, 0.15) is 5.52 Å². The lowest BCUT2D eigenvalue weighted by atomic mass is 10.1. The van der Waals surface area contributed by atoms with Crippen LogP contribution in [-0.4, -0.2) is 38.6 Å². The minimum atomic E-state index is 0.378. The van der Waals surface area contributed by atoms with Crippen molar-refractivity contribution in [3.63, 3.8) is 0 Å². The van der Waals surface area contributed by atoms with Crippen molar-refractivity contribution in [1.29, 1.82) is 0 Å². The molecule has 0 saturated carbocycles. The minimum Gasteiger partial charge on any atom is -0.493 e. The van der Waals surface area contributed by atoms with Crippen LogP contribution >= 0.6 is 11.8 Å². The van der Waals surface area contributed by atoms with Crippen LogP contribution in [0.15, 0.2) is 51.3 Å². The number of nitrogens with one attached hydrogen (secondary N) is 1. The van der Waals surface area contributed by atoms with Gasteiger partial charge < -0.3 is 25.1 Å². The van der Waals surface area contributed by atoms with E-state index in [0.717, 1.165) is 46.7 Å².